The molecule has 0 unspecified atom stereocenters. The predicted molar refractivity (Wildman–Crippen MR) is 96.9 cm³/mol. The number of hydrogen-bond acceptors (Lipinski definition) is 6. The van der Waals surface area contributed by atoms with Crippen LogP contribution >= 0.6 is 23.2 Å². The lowest BCUT2D eigenvalue weighted by molar-refractivity contribution is -0.0424. The van der Waals surface area contributed by atoms with Crippen LogP contribution in [0.5, 0.6) is 0 Å². The summed E-state index contributed by atoms with van der Waals surface area (Å²) in [4.78, 5) is 4.32. The molecule has 0 spiro atoms. The summed E-state index contributed by atoms with van der Waals surface area (Å²) >= 11 is 12.4. The minimum absolute atomic E-state index is 0.189. The van der Waals surface area contributed by atoms with Gasteiger partial charge >= 0.3 is 0 Å². The van der Waals surface area contributed by atoms with Crippen LogP contribution in [0.25, 0.3) is 34.0 Å². The van der Waals surface area contributed by atoms with Crippen LogP contribution in [0.4, 0.5) is 0 Å². The van der Waals surface area contributed by atoms with Gasteiger partial charge in [-0.1, -0.05) is 40.5 Å². The molecule has 132 valence electrons. The molecule has 4 aromatic rings. The van der Waals surface area contributed by atoms with Crippen molar-refractivity contribution in [3.63, 3.8) is 0 Å². The minimum atomic E-state index is -1.61. The van der Waals surface area contributed by atoms with E-state index in [0.717, 1.165) is 10.9 Å². The molecule has 0 saturated carbocycles. The highest BCUT2D eigenvalue weighted by Gasteiger charge is 2.19. The van der Waals surface area contributed by atoms with E-state index in [1.54, 1.807) is 18.2 Å². The van der Waals surface area contributed by atoms with Gasteiger partial charge < -0.3 is 19.2 Å². The summed E-state index contributed by atoms with van der Waals surface area (Å²) in [6, 6.07) is 10.0. The van der Waals surface area contributed by atoms with Crippen LogP contribution in [0.1, 0.15) is 17.4 Å². The number of halogens is 2. The van der Waals surface area contributed by atoms with E-state index in [9.17, 15) is 10.2 Å². The summed E-state index contributed by atoms with van der Waals surface area (Å²) in [5, 5.41) is 24.0. The van der Waals surface area contributed by atoms with Gasteiger partial charge in [-0.05, 0) is 36.8 Å². The van der Waals surface area contributed by atoms with Crippen molar-refractivity contribution in [2.45, 2.75) is 13.2 Å². The first-order valence-electron chi connectivity index (χ1n) is 7.62. The molecule has 0 radical (unpaired) electrons. The van der Waals surface area contributed by atoms with Crippen molar-refractivity contribution in [2.24, 2.45) is 0 Å². The van der Waals surface area contributed by atoms with Crippen molar-refractivity contribution in [1.29, 1.82) is 0 Å². The van der Waals surface area contributed by atoms with Gasteiger partial charge in [-0.2, -0.15) is 4.98 Å². The van der Waals surface area contributed by atoms with E-state index in [4.69, 9.17) is 32.1 Å². The average Bonchev–Trinajstić information content (AvgIpc) is 3.25. The van der Waals surface area contributed by atoms with Crippen LogP contribution < -0.4 is 0 Å². The Labute approximate surface area is 157 Å². The maximum Gasteiger partial charge on any atom is 0.293 e. The minimum Gasteiger partial charge on any atom is -0.449 e. The Morgan fingerprint density at radius 2 is 1.85 bits per heavy atom. The van der Waals surface area contributed by atoms with Crippen LogP contribution in [0.3, 0.4) is 0 Å². The number of fused-ring (bicyclic) bond motifs is 1. The number of aryl methyl sites for hydroxylation is 1. The first-order chi connectivity index (χ1) is 12.4. The van der Waals surface area contributed by atoms with Crippen molar-refractivity contribution in [1.82, 2.24) is 10.1 Å². The number of aliphatic hydroxyl groups excluding tert-OH is 1. The summed E-state index contributed by atoms with van der Waals surface area (Å²) < 4.78 is 11.1. The second kappa shape index (κ2) is 6.41. The Balaban J connectivity index is 1.75. The van der Waals surface area contributed by atoms with Gasteiger partial charge in [-0.3, -0.25) is 0 Å². The summed E-state index contributed by atoms with van der Waals surface area (Å²) in [6.45, 7) is 1.95. The molecule has 6 nitrogen and oxygen atoms in total. The van der Waals surface area contributed by atoms with Crippen molar-refractivity contribution in [3.8, 4) is 23.0 Å². The standard InChI is InChI=1S/C18H12Cl2N2O4/c1-8-2-5-12(19)15-11(8)7-14(25-15)17-21-16(22-26-17)10-4-3-9(18(23)24)6-13(10)20/h2-7,18,23-24H,1H3. The molecule has 0 aliphatic heterocycles. The molecule has 0 atom stereocenters. The lowest BCUT2D eigenvalue weighted by Gasteiger charge is -2.05. The summed E-state index contributed by atoms with van der Waals surface area (Å²) in [7, 11) is 0. The van der Waals surface area contributed by atoms with Crippen molar-refractivity contribution in [3.05, 3.63) is 57.6 Å². The van der Waals surface area contributed by atoms with E-state index in [0.29, 0.717) is 21.9 Å². The second-order valence-corrected chi connectivity index (χ2v) is 6.57. The molecule has 2 heterocycles. The van der Waals surface area contributed by atoms with Crippen LogP contribution in [-0.4, -0.2) is 20.4 Å². The van der Waals surface area contributed by atoms with Crippen molar-refractivity contribution in [2.75, 3.05) is 0 Å². The Hall–Kier alpha value is -2.38. The zero-order chi connectivity index (χ0) is 18.4. The molecule has 8 heteroatoms. The third-order valence-electron chi connectivity index (χ3n) is 4.02. The smallest absolute Gasteiger partial charge is 0.293 e. The van der Waals surface area contributed by atoms with Gasteiger partial charge in [0.2, 0.25) is 5.82 Å². The Morgan fingerprint density at radius 1 is 1.04 bits per heavy atom. The van der Waals surface area contributed by atoms with Gasteiger partial charge in [0.1, 0.15) is 0 Å². The monoisotopic (exact) mass is 390 g/mol. The number of aliphatic hydroxyl groups is 2. The Bertz CT molecular complexity index is 1080. The number of furan rings is 1. The molecular formula is C18H12Cl2N2O4. The number of rotatable bonds is 3. The summed E-state index contributed by atoms with van der Waals surface area (Å²) in [6.07, 6.45) is -1.61. The maximum absolute atomic E-state index is 9.20. The van der Waals surface area contributed by atoms with Crippen molar-refractivity contribution < 1.29 is 19.2 Å². The fraction of sp³-hybridized carbons (Fsp3) is 0.111. The van der Waals surface area contributed by atoms with Crippen LogP contribution in [0.2, 0.25) is 10.0 Å². The molecule has 0 aliphatic carbocycles. The zero-order valence-electron chi connectivity index (χ0n) is 13.4. The molecule has 4 rings (SSSR count). The highest BCUT2D eigenvalue weighted by molar-refractivity contribution is 6.35. The van der Waals surface area contributed by atoms with E-state index in [1.807, 2.05) is 13.0 Å². The van der Waals surface area contributed by atoms with Gasteiger partial charge in [0.15, 0.2) is 17.6 Å². The lowest BCUT2D eigenvalue weighted by atomic mass is 10.1. The molecule has 0 fully saturated rings. The molecule has 0 aliphatic rings. The Kier molecular flexibility index (Phi) is 4.20. The van der Waals surface area contributed by atoms with Crippen LogP contribution in [0, 0.1) is 6.92 Å². The maximum atomic E-state index is 9.20. The molecule has 26 heavy (non-hydrogen) atoms. The van der Waals surface area contributed by atoms with E-state index < -0.39 is 6.29 Å². The van der Waals surface area contributed by atoms with Gasteiger partial charge in [-0.25, -0.2) is 0 Å². The largest absolute Gasteiger partial charge is 0.449 e. The molecule has 2 N–H and O–H groups in total. The quantitative estimate of drug-likeness (QED) is 0.490. The van der Waals surface area contributed by atoms with Gasteiger partial charge in [-0.15, -0.1) is 0 Å². The van der Waals surface area contributed by atoms with Crippen LogP contribution in [-0.2, 0) is 0 Å². The molecular weight excluding hydrogens is 379 g/mol. The normalized spacial score (nSPS) is 11.6. The summed E-state index contributed by atoms with van der Waals surface area (Å²) in [5.74, 6) is 0.842. The third kappa shape index (κ3) is 2.87. The van der Waals surface area contributed by atoms with Crippen molar-refractivity contribution >= 4 is 34.2 Å². The van der Waals surface area contributed by atoms with Crippen LogP contribution in [0.15, 0.2) is 45.3 Å². The van der Waals surface area contributed by atoms with Gasteiger partial charge in [0, 0.05) is 16.5 Å². The molecule has 0 amide bonds. The van der Waals surface area contributed by atoms with Gasteiger partial charge in [0.25, 0.3) is 5.89 Å². The number of aromatic nitrogens is 2. The first-order valence-corrected chi connectivity index (χ1v) is 8.38. The first kappa shape index (κ1) is 17.1. The van der Waals surface area contributed by atoms with E-state index in [-0.39, 0.29) is 22.3 Å². The second-order valence-electron chi connectivity index (χ2n) is 5.75. The lowest BCUT2D eigenvalue weighted by Crippen LogP contribution is -1.95. The van der Waals surface area contributed by atoms with E-state index in [1.165, 1.54) is 12.1 Å². The molecule has 2 aromatic heterocycles. The number of nitrogens with zero attached hydrogens (tertiary/aromatic N) is 2. The number of hydrogen-bond donors (Lipinski definition) is 2. The summed E-state index contributed by atoms with van der Waals surface area (Å²) in [5.41, 5.74) is 2.34. The van der Waals surface area contributed by atoms with E-state index >= 15 is 0 Å². The third-order valence-corrected chi connectivity index (χ3v) is 4.63. The highest BCUT2D eigenvalue weighted by atomic mass is 35.5. The fourth-order valence-electron chi connectivity index (χ4n) is 2.64. The van der Waals surface area contributed by atoms with E-state index in [2.05, 4.69) is 10.1 Å². The molecule has 2 aromatic carbocycles. The molecule has 0 saturated heterocycles. The SMILES string of the molecule is Cc1ccc(Cl)c2oc(-c3nc(-c4ccc(C(O)O)cc4Cl)no3)cc12. The number of benzene rings is 2. The Morgan fingerprint density at radius 3 is 2.54 bits per heavy atom. The van der Waals surface area contributed by atoms with Gasteiger partial charge in [0.05, 0.1) is 10.0 Å². The average molecular weight is 391 g/mol. The fourth-order valence-corrected chi connectivity index (χ4v) is 3.11. The highest BCUT2D eigenvalue weighted by Crippen LogP contribution is 2.35. The topological polar surface area (TPSA) is 92.5 Å². The zero-order valence-corrected chi connectivity index (χ0v) is 14.9. The predicted octanol–water partition coefficient (Wildman–Crippen LogP) is 4.75. The molecule has 0 bridgehead atoms.